The van der Waals surface area contributed by atoms with E-state index in [9.17, 15) is 13.2 Å². The lowest BCUT2D eigenvalue weighted by atomic mass is 10.0. The molecule has 0 aromatic heterocycles. The average Bonchev–Trinajstić information content (AvgIpc) is 2.67. The summed E-state index contributed by atoms with van der Waals surface area (Å²) in [5.41, 5.74) is 1.29. The summed E-state index contributed by atoms with van der Waals surface area (Å²) in [7, 11) is 0.960. The van der Waals surface area contributed by atoms with Crippen LogP contribution in [0.5, 0.6) is 5.75 Å². The van der Waals surface area contributed by atoms with Crippen molar-refractivity contribution in [3.8, 4) is 5.75 Å². The van der Waals surface area contributed by atoms with Crippen molar-refractivity contribution in [1.29, 1.82) is 0 Å². The molecule has 0 spiro atoms. The minimum Gasteiger partial charge on any atom is -0.485 e. The van der Waals surface area contributed by atoms with Gasteiger partial charge in [0.2, 0.25) is 10.0 Å². The van der Waals surface area contributed by atoms with E-state index in [1.54, 1.807) is 31.2 Å². The van der Waals surface area contributed by atoms with Crippen molar-refractivity contribution >= 4 is 15.8 Å². The second-order valence-electron chi connectivity index (χ2n) is 8.16. The number of quaternary nitrogens is 1. The summed E-state index contributed by atoms with van der Waals surface area (Å²) in [6, 6.07) is 16.4. The van der Waals surface area contributed by atoms with E-state index in [0.29, 0.717) is 34.3 Å². The van der Waals surface area contributed by atoms with Crippen LogP contribution in [0.4, 0.5) is 0 Å². The molecular formula is C23H33N2O4S+. The van der Waals surface area contributed by atoms with Gasteiger partial charge >= 0.3 is 0 Å². The topological polar surface area (TPSA) is 72.5 Å². The maximum atomic E-state index is 12.5. The first-order valence-electron chi connectivity index (χ1n) is 10.3. The van der Waals surface area contributed by atoms with Gasteiger partial charge in [-0.1, -0.05) is 37.3 Å². The van der Waals surface area contributed by atoms with Crippen LogP contribution in [-0.2, 0) is 10.0 Å². The summed E-state index contributed by atoms with van der Waals surface area (Å²) in [5.74, 6) is 0.830. The van der Waals surface area contributed by atoms with E-state index in [0.717, 1.165) is 13.1 Å². The number of ketones is 1. The minimum atomic E-state index is -3.18. The third-order valence-electron chi connectivity index (χ3n) is 4.78. The number of sulfonamides is 1. The molecule has 1 unspecified atom stereocenters. The van der Waals surface area contributed by atoms with Gasteiger partial charge in [-0.15, -0.1) is 0 Å². The molecule has 2 rings (SSSR count). The molecule has 0 fully saturated rings. The molecule has 2 aromatic rings. The normalized spacial score (nSPS) is 13.1. The van der Waals surface area contributed by atoms with Gasteiger partial charge in [-0.2, -0.15) is 0 Å². The van der Waals surface area contributed by atoms with Crippen molar-refractivity contribution in [2.24, 2.45) is 0 Å². The van der Waals surface area contributed by atoms with Gasteiger partial charge in [0.05, 0.1) is 26.4 Å². The predicted molar refractivity (Wildman–Crippen MR) is 120 cm³/mol. The number of hydrogen-bond donors (Lipinski definition) is 1. The molecule has 0 aliphatic rings. The number of nitrogens with zero attached hydrogens (tertiary/aromatic N) is 1. The second-order valence-corrected chi connectivity index (χ2v) is 10.1. The first kappa shape index (κ1) is 24.1. The Hall–Kier alpha value is -2.22. The van der Waals surface area contributed by atoms with Crippen molar-refractivity contribution in [3.63, 3.8) is 0 Å². The van der Waals surface area contributed by atoms with Crippen molar-refractivity contribution < 1.29 is 22.4 Å². The first-order chi connectivity index (χ1) is 14.1. The summed E-state index contributed by atoms with van der Waals surface area (Å²) in [6.45, 7) is 5.68. The fraction of sp³-hybridized carbons (Fsp3) is 0.435. The Kier molecular flexibility index (Phi) is 8.58. The highest BCUT2D eigenvalue weighted by atomic mass is 32.2. The van der Waals surface area contributed by atoms with Gasteiger partial charge in [0.1, 0.15) is 18.4 Å². The zero-order valence-corrected chi connectivity index (χ0v) is 19.1. The zero-order chi connectivity index (χ0) is 22.2. The van der Waals surface area contributed by atoms with Gasteiger partial charge in [-0.3, -0.25) is 4.79 Å². The molecule has 0 heterocycles. The smallest absolute Gasteiger partial charge is 0.211 e. The van der Waals surface area contributed by atoms with E-state index in [1.165, 1.54) is 0 Å². The molecule has 0 bridgehead atoms. The lowest BCUT2D eigenvalue weighted by Crippen LogP contribution is -2.47. The predicted octanol–water partition coefficient (Wildman–Crippen LogP) is 3.09. The average molecular weight is 434 g/mol. The Bertz CT molecular complexity index is 910. The van der Waals surface area contributed by atoms with Gasteiger partial charge in [0, 0.05) is 24.1 Å². The fourth-order valence-electron chi connectivity index (χ4n) is 3.47. The van der Waals surface area contributed by atoms with Crippen LogP contribution in [0.1, 0.15) is 36.2 Å². The lowest BCUT2D eigenvalue weighted by molar-refractivity contribution is -0.892. The summed E-state index contributed by atoms with van der Waals surface area (Å²) in [6.07, 6.45) is 0.534. The number of nitrogens with one attached hydrogen (secondary N) is 1. The maximum Gasteiger partial charge on any atom is 0.211 e. The Morgan fingerprint density at radius 2 is 1.63 bits per heavy atom. The van der Waals surface area contributed by atoms with Crippen LogP contribution in [-0.4, -0.2) is 64.3 Å². The van der Waals surface area contributed by atoms with Gasteiger partial charge in [-0.25, -0.2) is 13.1 Å². The fourth-order valence-corrected chi connectivity index (χ4v) is 4.57. The third kappa shape index (κ3) is 7.89. The Balaban J connectivity index is 1.86. The zero-order valence-electron chi connectivity index (χ0n) is 18.3. The van der Waals surface area contributed by atoms with Gasteiger partial charge in [-0.05, 0) is 31.2 Å². The van der Waals surface area contributed by atoms with Crippen LogP contribution in [0.15, 0.2) is 54.6 Å². The van der Waals surface area contributed by atoms with Crippen molar-refractivity contribution in [1.82, 2.24) is 4.72 Å². The van der Waals surface area contributed by atoms with E-state index in [2.05, 4.69) is 18.8 Å². The molecule has 0 aliphatic heterocycles. The number of carbonyl (C=O) groups is 1. The summed E-state index contributed by atoms with van der Waals surface area (Å²) < 4.78 is 32.8. The van der Waals surface area contributed by atoms with Crippen molar-refractivity contribution in [3.05, 3.63) is 65.7 Å². The largest absolute Gasteiger partial charge is 0.485 e. The molecule has 7 heteroatoms. The molecule has 164 valence electrons. The number of carbonyl (C=O) groups excluding carboxylic acids is 1. The van der Waals surface area contributed by atoms with Gasteiger partial charge in [0.25, 0.3) is 0 Å². The molecular weight excluding hydrogens is 400 g/mol. The molecule has 1 atom stereocenters. The highest BCUT2D eigenvalue weighted by Gasteiger charge is 2.21. The van der Waals surface area contributed by atoms with E-state index >= 15 is 0 Å². The number of likely N-dealkylation sites (N-methyl/N-ethyl adjacent to an activating group) is 1. The summed E-state index contributed by atoms with van der Waals surface area (Å²) >= 11 is 0. The number of benzene rings is 2. The van der Waals surface area contributed by atoms with Gasteiger partial charge in [0.15, 0.2) is 5.78 Å². The van der Waals surface area contributed by atoms with Crippen molar-refractivity contribution in [2.75, 3.05) is 39.5 Å². The molecule has 0 saturated carbocycles. The SMILES string of the molecule is CCNS(=O)(=O)CCC[N+](C)(C)CC(C)Oc1ccc(C(=O)c2ccccc2)cc1. The first-order valence-corrected chi connectivity index (χ1v) is 11.9. The molecule has 0 radical (unpaired) electrons. The number of hydrogen-bond acceptors (Lipinski definition) is 4. The standard InChI is InChI=1S/C23H33N2O4S/c1-5-24-30(27,28)17-9-16-25(3,4)18-19(2)29-22-14-12-21(13-15-22)23(26)20-10-7-6-8-11-20/h6-8,10-15,19,24H,5,9,16-18H2,1-4H3/q+1. The summed E-state index contributed by atoms with van der Waals surface area (Å²) in [4.78, 5) is 12.5. The van der Waals surface area contributed by atoms with E-state index in [1.807, 2.05) is 37.3 Å². The Morgan fingerprint density at radius 3 is 2.23 bits per heavy atom. The number of rotatable bonds is 12. The van der Waals surface area contributed by atoms with Crippen LogP contribution >= 0.6 is 0 Å². The maximum absolute atomic E-state index is 12.5. The molecule has 0 aliphatic carbocycles. The van der Waals surface area contributed by atoms with Crippen LogP contribution in [0.2, 0.25) is 0 Å². The Labute approximate surface area is 180 Å². The molecule has 0 saturated heterocycles. The second kappa shape index (κ2) is 10.7. The van der Waals surface area contributed by atoms with E-state index in [-0.39, 0.29) is 17.6 Å². The van der Waals surface area contributed by atoms with Gasteiger partial charge < -0.3 is 9.22 Å². The molecule has 6 nitrogen and oxygen atoms in total. The van der Waals surface area contributed by atoms with Crippen LogP contribution in [0.25, 0.3) is 0 Å². The van der Waals surface area contributed by atoms with E-state index in [4.69, 9.17) is 4.74 Å². The van der Waals surface area contributed by atoms with Crippen molar-refractivity contribution in [2.45, 2.75) is 26.4 Å². The highest BCUT2D eigenvalue weighted by molar-refractivity contribution is 7.89. The Morgan fingerprint density at radius 1 is 1.03 bits per heavy atom. The van der Waals surface area contributed by atoms with Crippen LogP contribution < -0.4 is 9.46 Å². The number of ether oxygens (including phenoxy) is 1. The third-order valence-corrected chi connectivity index (χ3v) is 6.34. The van der Waals surface area contributed by atoms with Crippen LogP contribution in [0, 0.1) is 0 Å². The molecule has 2 aromatic carbocycles. The van der Waals surface area contributed by atoms with Crippen LogP contribution in [0.3, 0.4) is 0 Å². The lowest BCUT2D eigenvalue weighted by Gasteiger charge is -2.32. The quantitative estimate of drug-likeness (QED) is 0.412. The molecule has 0 amide bonds. The summed E-state index contributed by atoms with van der Waals surface area (Å²) in [5, 5.41) is 0. The highest BCUT2D eigenvalue weighted by Crippen LogP contribution is 2.17. The van der Waals surface area contributed by atoms with E-state index < -0.39 is 10.0 Å². The monoisotopic (exact) mass is 433 g/mol. The minimum absolute atomic E-state index is 0.0134. The molecule has 1 N–H and O–H groups in total. The molecule has 30 heavy (non-hydrogen) atoms.